The van der Waals surface area contributed by atoms with Crippen LogP contribution in [0, 0.1) is 6.92 Å². The number of aromatic nitrogens is 1. The van der Waals surface area contributed by atoms with E-state index >= 15 is 0 Å². The molecule has 30 heavy (non-hydrogen) atoms. The number of benzene rings is 2. The number of ether oxygens (including phenoxy) is 1. The molecule has 0 aliphatic carbocycles. The molecule has 160 valence electrons. The van der Waals surface area contributed by atoms with Gasteiger partial charge in [0.15, 0.2) is 0 Å². The summed E-state index contributed by atoms with van der Waals surface area (Å²) in [5.74, 6) is 0. The third kappa shape index (κ3) is 4.53. The molecule has 0 spiro atoms. The quantitative estimate of drug-likeness (QED) is 0.498. The summed E-state index contributed by atoms with van der Waals surface area (Å²) >= 11 is 5.92. The van der Waals surface area contributed by atoms with Crippen LogP contribution >= 0.6 is 11.6 Å². The Bertz CT molecular complexity index is 1010. The van der Waals surface area contributed by atoms with Crippen LogP contribution in [0.1, 0.15) is 24.2 Å². The van der Waals surface area contributed by atoms with Gasteiger partial charge in [0.25, 0.3) is 0 Å². The zero-order chi connectivity index (χ0) is 21.9. The third-order valence-corrected chi connectivity index (χ3v) is 5.12. The Morgan fingerprint density at radius 3 is 2.43 bits per heavy atom. The average Bonchev–Trinajstić information content (AvgIpc) is 2.70. The number of pyridine rings is 1. The standard InChI is InChI=1S/C22H22ClF3N2O2/c1-3-30-13-21(29,22(24,25)26)20(15-8-10-16(23)11-9-15)28-19-6-4-5-18-17(19)12-7-14(2)27-18/h4-12,20,28-29H,3,13H2,1-2H3. The first-order chi connectivity index (χ1) is 14.2. The molecule has 0 aliphatic rings. The lowest BCUT2D eigenvalue weighted by molar-refractivity contribution is -0.281. The van der Waals surface area contributed by atoms with Crippen molar-refractivity contribution in [1.29, 1.82) is 0 Å². The van der Waals surface area contributed by atoms with Crippen LogP contribution in [0.5, 0.6) is 0 Å². The molecule has 0 saturated carbocycles. The molecule has 0 bridgehead atoms. The Morgan fingerprint density at radius 1 is 1.10 bits per heavy atom. The second-order valence-electron chi connectivity index (χ2n) is 7.01. The van der Waals surface area contributed by atoms with Gasteiger partial charge in [-0.1, -0.05) is 29.8 Å². The van der Waals surface area contributed by atoms with E-state index in [1.807, 2.05) is 6.92 Å². The number of nitrogens with one attached hydrogen (secondary N) is 1. The number of rotatable bonds is 7. The number of aryl methyl sites for hydroxylation is 1. The van der Waals surface area contributed by atoms with E-state index in [9.17, 15) is 18.3 Å². The molecule has 0 saturated heterocycles. The molecule has 0 radical (unpaired) electrons. The number of hydrogen-bond acceptors (Lipinski definition) is 4. The van der Waals surface area contributed by atoms with Crippen LogP contribution in [-0.2, 0) is 4.74 Å². The number of fused-ring (bicyclic) bond motifs is 1. The lowest BCUT2D eigenvalue weighted by atomic mass is 9.87. The van der Waals surface area contributed by atoms with Gasteiger partial charge in [0.1, 0.15) is 0 Å². The molecule has 2 N–H and O–H groups in total. The minimum absolute atomic E-state index is 0.0309. The van der Waals surface area contributed by atoms with Crippen molar-refractivity contribution in [2.45, 2.75) is 31.7 Å². The van der Waals surface area contributed by atoms with E-state index in [2.05, 4.69) is 10.3 Å². The average molecular weight is 439 g/mol. The topological polar surface area (TPSA) is 54.4 Å². The fraction of sp³-hybridized carbons (Fsp3) is 0.318. The van der Waals surface area contributed by atoms with E-state index in [0.717, 1.165) is 5.69 Å². The lowest BCUT2D eigenvalue weighted by Gasteiger charge is -2.38. The number of aliphatic hydroxyl groups is 1. The molecule has 0 aliphatic heterocycles. The van der Waals surface area contributed by atoms with Gasteiger partial charge in [-0.05, 0) is 55.8 Å². The molecule has 2 aromatic carbocycles. The van der Waals surface area contributed by atoms with E-state index in [1.54, 1.807) is 37.3 Å². The van der Waals surface area contributed by atoms with Crippen molar-refractivity contribution in [1.82, 2.24) is 4.98 Å². The predicted molar refractivity (Wildman–Crippen MR) is 112 cm³/mol. The maximum Gasteiger partial charge on any atom is 0.421 e. The van der Waals surface area contributed by atoms with Gasteiger partial charge >= 0.3 is 6.18 Å². The summed E-state index contributed by atoms with van der Waals surface area (Å²) in [6, 6.07) is 13.0. The predicted octanol–water partition coefficient (Wildman–Crippen LogP) is 5.68. The molecule has 0 amide bonds. The van der Waals surface area contributed by atoms with E-state index in [1.165, 1.54) is 24.3 Å². The van der Waals surface area contributed by atoms with Gasteiger partial charge in [-0.15, -0.1) is 0 Å². The highest BCUT2D eigenvalue weighted by atomic mass is 35.5. The first-order valence-corrected chi connectivity index (χ1v) is 9.78. The molecule has 1 aromatic heterocycles. The first-order valence-electron chi connectivity index (χ1n) is 9.41. The van der Waals surface area contributed by atoms with Crippen LogP contribution in [0.15, 0.2) is 54.6 Å². The van der Waals surface area contributed by atoms with Crippen molar-refractivity contribution in [2.24, 2.45) is 0 Å². The monoisotopic (exact) mass is 438 g/mol. The number of halogens is 4. The van der Waals surface area contributed by atoms with E-state index < -0.39 is 24.4 Å². The summed E-state index contributed by atoms with van der Waals surface area (Å²) in [6.07, 6.45) is -4.96. The lowest BCUT2D eigenvalue weighted by Crippen LogP contribution is -2.56. The molecular formula is C22H22ClF3N2O2. The Kier molecular flexibility index (Phi) is 6.55. The minimum atomic E-state index is -4.96. The molecule has 4 nitrogen and oxygen atoms in total. The Labute approximate surface area is 177 Å². The third-order valence-electron chi connectivity index (χ3n) is 4.87. The fourth-order valence-electron chi connectivity index (χ4n) is 3.26. The summed E-state index contributed by atoms with van der Waals surface area (Å²) in [7, 11) is 0. The first kappa shape index (κ1) is 22.3. The van der Waals surface area contributed by atoms with Crippen LogP contribution in [0.2, 0.25) is 5.02 Å². The highest BCUT2D eigenvalue weighted by molar-refractivity contribution is 6.30. The van der Waals surface area contributed by atoms with E-state index in [-0.39, 0.29) is 12.2 Å². The van der Waals surface area contributed by atoms with Crippen LogP contribution in [0.4, 0.5) is 18.9 Å². The Hall–Kier alpha value is -2.35. The molecule has 1 heterocycles. The summed E-state index contributed by atoms with van der Waals surface area (Å²) in [5.41, 5.74) is -1.13. The molecule has 3 aromatic rings. The molecule has 0 fully saturated rings. The maximum atomic E-state index is 14.1. The summed E-state index contributed by atoms with van der Waals surface area (Å²) in [5, 5.41) is 14.8. The highest BCUT2D eigenvalue weighted by Crippen LogP contribution is 2.43. The van der Waals surface area contributed by atoms with Gasteiger partial charge in [-0.2, -0.15) is 13.2 Å². The van der Waals surface area contributed by atoms with E-state index in [0.29, 0.717) is 21.6 Å². The van der Waals surface area contributed by atoms with Gasteiger partial charge in [0.05, 0.1) is 18.2 Å². The van der Waals surface area contributed by atoms with Crippen LogP contribution in [0.3, 0.4) is 0 Å². The summed E-state index contributed by atoms with van der Waals surface area (Å²) in [6.45, 7) is 2.51. The number of nitrogens with zero attached hydrogens (tertiary/aromatic N) is 1. The van der Waals surface area contributed by atoms with Crippen molar-refractivity contribution >= 4 is 28.2 Å². The van der Waals surface area contributed by atoms with Crippen molar-refractivity contribution < 1.29 is 23.0 Å². The van der Waals surface area contributed by atoms with Gasteiger partial charge in [0.2, 0.25) is 5.60 Å². The van der Waals surface area contributed by atoms with E-state index in [4.69, 9.17) is 16.3 Å². The normalized spacial score (nSPS) is 15.0. The molecule has 8 heteroatoms. The number of alkyl halides is 3. The Morgan fingerprint density at radius 2 is 1.80 bits per heavy atom. The maximum absolute atomic E-state index is 14.1. The summed E-state index contributed by atoms with van der Waals surface area (Å²) in [4.78, 5) is 4.42. The van der Waals surface area contributed by atoms with Crippen molar-refractivity contribution in [2.75, 3.05) is 18.5 Å². The van der Waals surface area contributed by atoms with Gasteiger partial charge in [0, 0.05) is 28.4 Å². The minimum Gasteiger partial charge on any atom is -0.378 e. The Balaban J connectivity index is 2.14. The summed E-state index contributed by atoms with van der Waals surface area (Å²) < 4.78 is 47.4. The number of anilines is 1. The smallest absolute Gasteiger partial charge is 0.378 e. The zero-order valence-electron chi connectivity index (χ0n) is 16.5. The zero-order valence-corrected chi connectivity index (χ0v) is 17.3. The molecular weight excluding hydrogens is 417 g/mol. The van der Waals surface area contributed by atoms with Crippen molar-refractivity contribution in [3.63, 3.8) is 0 Å². The second-order valence-corrected chi connectivity index (χ2v) is 7.45. The van der Waals surface area contributed by atoms with Gasteiger partial charge < -0.3 is 15.2 Å². The van der Waals surface area contributed by atoms with Crippen molar-refractivity contribution in [3.8, 4) is 0 Å². The molecule has 3 rings (SSSR count). The van der Waals surface area contributed by atoms with Gasteiger partial charge in [-0.25, -0.2) is 0 Å². The second kappa shape index (κ2) is 8.79. The van der Waals surface area contributed by atoms with Crippen LogP contribution < -0.4 is 5.32 Å². The molecule has 2 unspecified atom stereocenters. The molecule has 2 atom stereocenters. The largest absolute Gasteiger partial charge is 0.421 e. The van der Waals surface area contributed by atoms with Crippen LogP contribution in [-0.4, -0.2) is 35.1 Å². The highest BCUT2D eigenvalue weighted by Gasteiger charge is 2.59. The number of hydrogen-bond donors (Lipinski definition) is 2. The SMILES string of the molecule is CCOCC(O)(C(Nc1cccc2nc(C)ccc12)c1ccc(Cl)cc1)C(F)(F)F. The van der Waals surface area contributed by atoms with Gasteiger partial charge in [-0.3, -0.25) is 4.98 Å². The fourth-order valence-corrected chi connectivity index (χ4v) is 3.38. The van der Waals surface area contributed by atoms with Crippen LogP contribution in [0.25, 0.3) is 10.9 Å². The van der Waals surface area contributed by atoms with Crippen molar-refractivity contribution in [3.05, 3.63) is 70.9 Å².